The van der Waals surface area contributed by atoms with Crippen LogP contribution < -0.4 is 0 Å². The first-order valence-electron chi connectivity index (χ1n) is 7.74. The van der Waals surface area contributed by atoms with Crippen LogP contribution in [0.15, 0.2) is 74.8 Å². The van der Waals surface area contributed by atoms with Gasteiger partial charge in [0.2, 0.25) is 17.6 Å². The largest absolute Gasteiger partial charge is 0.411 e. The van der Waals surface area contributed by atoms with Gasteiger partial charge in [0.05, 0.1) is 5.25 Å². The molecule has 2 aromatic heterocycles. The van der Waals surface area contributed by atoms with E-state index < -0.39 is 0 Å². The highest BCUT2D eigenvalue weighted by Gasteiger charge is 2.20. The Morgan fingerprint density at radius 2 is 1.56 bits per heavy atom. The van der Waals surface area contributed by atoms with E-state index in [2.05, 4.69) is 20.3 Å². The van der Waals surface area contributed by atoms with Gasteiger partial charge in [-0.2, -0.15) is 4.98 Å². The number of hydrogen-bond donors (Lipinski definition) is 0. The van der Waals surface area contributed by atoms with Crippen LogP contribution in [0.1, 0.15) is 18.1 Å². The summed E-state index contributed by atoms with van der Waals surface area (Å²) >= 11 is 1.38. The maximum absolute atomic E-state index is 5.70. The van der Waals surface area contributed by atoms with Gasteiger partial charge < -0.3 is 8.94 Å². The second-order valence-corrected chi connectivity index (χ2v) is 6.61. The summed E-state index contributed by atoms with van der Waals surface area (Å²) in [5.74, 6) is 1.58. The third-order valence-corrected chi connectivity index (χ3v) is 4.45. The van der Waals surface area contributed by atoms with Crippen molar-refractivity contribution < 1.29 is 8.94 Å². The van der Waals surface area contributed by atoms with E-state index in [9.17, 15) is 0 Å². The van der Waals surface area contributed by atoms with Gasteiger partial charge in [-0.3, -0.25) is 0 Å². The molecule has 2 heterocycles. The van der Waals surface area contributed by atoms with Crippen LogP contribution in [-0.2, 0) is 0 Å². The zero-order valence-electron chi connectivity index (χ0n) is 13.4. The predicted octanol–water partition coefficient (Wildman–Crippen LogP) is 4.64. The summed E-state index contributed by atoms with van der Waals surface area (Å²) < 4.78 is 11.1. The molecule has 0 spiro atoms. The summed E-state index contributed by atoms with van der Waals surface area (Å²) in [6, 6.07) is 19.4. The summed E-state index contributed by atoms with van der Waals surface area (Å²) in [5.41, 5.74) is 1.80. The molecule has 4 aromatic rings. The van der Waals surface area contributed by atoms with Crippen molar-refractivity contribution in [3.8, 4) is 22.8 Å². The average Bonchev–Trinajstić information content (AvgIpc) is 3.33. The van der Waals surface area contributed by atoms with Crippen molar-refractivity contribution in [1.82, 2.24) is 20.3 Å². The molecule has 0 saturated carbocycles. The minimum Gasteiger partial charge on any atom is -0.411 e. The second kappa shape index (κ2) is 6.90. The van der Waals surface area contributed by atoms with Crippen LogP contribution in [0.3, 0.4) is 0 Å². The Kier molecular flexibility index (Phi) is 4.30. The molecule has 0 aliphatic rings. The van der Waals surface area contributed by atoms with Crippen LogP contribution in [-0.4, -0.2) is 20.3 Å². The topological polar surface area (TPSA) is 77.8 Å². The fraction of sp³-hybridized carbons (Fsp3) is 0.111. The monoisotopic (exact) mass is 350 g/mol. The van der Waals surface area contributed by atoms with Gasteiger partial charge in [0.25, 0.3) is 5.22 Å². The molecule has 1 unspecified atom stereocenters. The van der Waals surface area contributed by atoms with Gasteiger partial charge in [-0.15, -0.1) is 10.2 Å². The zero-order chi connectivity index (χ0) is 17.1. The van der Waals surface area contributed by atoms with Gasteiger partial charge in [0.15, 0.2) is 0 Å². The van der Waals surface area contributed by atoms with Crippen LogP contribution in [0.25, 0.3) is 22.8 Å². The van der Waals surface area contributed by atoms with E-state index in [-0.39, 0.29) is 5.25 Å². The summed E-state index contributed by atoms with van der Waals surface area (Å²) in [5, 5.41) is 12.6. The molecule has 25 heavy (non-hydrogen) atoms. The van der Waals surface area contributed by atoms with Crippen molar-refractivity contribution in [1.29, 1.82) is 0 Å². The quantitative estimate of drug-likeness (QED) is 0.485. The molecule has 0 fully saturated rings. The molecular formula is C18H14N4O2S. The van der Waals surface area contributed by atoms with Crippen LogP contribution in [0, 0.1) is 0 Å². The van der Waals surface area contributed by atoms with Crippen molar-refractivity contribution in [2.24, 2.45) is 0 Å². The third kappa shape index (κ3) is 3.46. The first kappa shape index (κ1) is 15.6. The Balaban J connectivity index is 1.49. The third-order valence-electron chi connectivity index (χ3n) is 3.53. The zero-order valence-corrected chi connectivity index (χ0v) is 14.2. The van der Waals surface area contributed by atoms with Gasteiger partial charge in [-0.25, -0.2) is 0 Å². The van der Waals surface area contributed by atoms with Gasteiger partial charge >= 0.3 is 0 Å². The van der Waals surface area contributed by atoms with E-state index in [1.807, 2.05) is 67.6 Å². The van der Waals surface area contributed by atoms with Crippen LogP contribution in [0.5, 0.6) is 0 Å². The molecule has 0 bridgehead atoms. The van der Waals surface area contributed by atoms with E-state index in [1.165, 1.54) is 11.8 Å². The van der Waals surface area contributed by atoms with Crippen LogP contribution in [0.2, 0.25) is 0 Å². The molecule has 0 aliphatic carbocycles. The maximum Gasteiger partial charge on any atom is 0.277 e. The Morgan fingerprint density at radius 1 is 0.880 bits per heavy atom. The first-order valence-corrected chi connectivity index (χ1v) is 8.62. The van der Waals surface area contributed by atoms with Crippen molar-refractivity contribution in [3.05, 3.63) is 66.6 Å². The predicted molar refractivity (Wildman–Crippen MR) is 93.7 cm³/mol. The summed E-state index contributed by atoms with van der Waals surface area (Å²) in [4.78, 5) is 4.45. The normalized spacial score (nSPS) is 12.2. The average molecular weight is 350 g/mol. The van der Waals surface area contributed by atoms with Crippen molar-refractivity contribution in [2.75, 3.05) is 0 Å². The SMILES string of the molecule is CC(Sc1nnc(-c2ccccc2)o1)c1nc(-c2ccccc2)no1. The Labute approximate surface area is 148 Å². The Bertz CT molecular complexity index is 953. The van der Waals surface area contributed by atoms with Gasteiger partial charge in [0, 0.05) is 11.1 Å². The van der Waals surface area contributed by atoms with Crippen LogP contribution in [0.4, 0.5) is 0 Å². The molecule has 0 aliphatic heterocycles. The van der Waals surface area contributed by atoms with E-state index in [0.29, 0.717) is 22.8 Å². The highest BCUT2D eigenvalue weighted by atomic mass is 32.2. The van der Waals surface area contributed by atoms with Gasteiger partial charge in [0.1, 0.15) is 0 Å². The molecular weight excluding hydrogens is 336 g/mol. The van der Waals surface area contributed by atoms with Crippen molar-refractivity contribution in [2.45, 2.75) is 17.4 Å². The maximum atomic E-state index is 5.70. The number of rotatable bonds is 5. The van der Waals surface area contributed by atoms with E-state index >= 15 is 0 Å². The van der Waals surface area contributed by atoms with Gasteiger partial charge in [-0.05, 0) is 19.1 Å². The number of thioether (sulfide) groups is 1. The summed E-state index contributed by atoms with van der Waals surface area (Å²) in [6.07, 6.45) is 0. The molecule has 2 aromatic carbocycles. The van der Waals surface area contributed by atoms with E-state index in [4.69, 9.17) is 8.94 Å². The Morgan fingerprint density at radius 3 is 2.28 bits per heavy atom. The molecule has 6 nitrogen and oxygen atoms in total. The molecule has 0 N–H and O–H groups in total. The second-order valence-electron chi connectivity index (χ2n) is 5.32. The lowest BCUT2D eigenvalue weighted by Gasteiger charge is -2.00. The molecule has 0 radical (unpaired) electrons. The lowest BCUT2D eigenvalue weighted by molar-refractivity contribution is 0.379. The van der Waals surface area contributed by atoms with E-state index in [0.717, 1.165) is 11.1 Å². The number of aromatic nitrogens is 4. The standard InChI is InChI=1S/C18H14N4O2S/c1-12(16-19-15(22-24-16)13-8-4-2-5-9-13)25-18-21-20-17(23-18)14-10-6-3-7-11-14/h2-12H,1H3. The molecule has 124 valence electrons. The molecule has 0 saturated heterocycles. The lowest BCUT2D eigenvalue weighted by Crippen LogP contribution is -1.89. The van der Waals surface area contributed by atoms with Crippen LogP contribution >= 0.6 is 11.8 Å². The molecule has 4 rings (SSSR count). The molecule has 7 heteroatoms. The number of nitrogens with zero attached hydrogens (tertiary/aromatic N) is 4. The highest BCUT2D eigenvalue weighted by molar-refractivity contribution is 7.99. The number of benzene rings is 2. The van der Waals surface area contributed by atoms with Crippen molar-refractivity contribution >= 4 is 11.8 Å². The van der Waals surface area contributed by atoms with Gasteiger partial charge in [-0.1, -0.05) is 65.4 Å². The minimum atomic E-state index is -0.103. The number of hydrogen-bond acceptors (Lipinski definition) is 7. The summed E-state index contributed by atoms with van der Waals surface area (Å²) in [7, 11) is 0. The molecule has 1 atom stereocenters. The smallest absolute Gasteiger partial charge is 0.277 e. The minimum absolute atomic E-state index is 0.103. The summed E-state index contributed by atoms with van der Waals surface area (Å²) in [6.45, 7) is 1.96. The first-order chi connectivity index (χ1) is 12.3. The Hall–Kier alpha value is -2.93. The lowest BCUT2D eigenvalue weighted by atomic mass is 10.2. The fourth-order valence-corrected chi connectivity index (χ4v) is 2.98. The van der Waals surface area contributed by atoms with E-state index in [1.54, 1.807) is 0 Å². The molecule has 0 amide bonds. The van der Waals surface area contributed by atoms with Crippen molar-refractivity contribution in [3.63, 3.8) is 0 Å². The highest BCUT2D eigenvalue weighted by Crippen LogP contribution is 2.35. The fourth-order valence-electron chi connectivity index (χ4n) is 2.26.